The second kappa shape index (κ2) is 8.28. The van der Waals surface area contributed by atoms with Crippen molar-refractivity contribution in [3.8, 4) is 11.3 Å². The number of carbonyl (C=O) groups is 2. The monoisotopic (exact) mass is 408 g/mol. The number of nitrogens with one attached hydrogen (secondary N) is 2. The maximum Gasteiger partial charge on any atom is 0.267 e. The summed E-state index contributed by atoms with van der Waals surface area (Å²) in [6.07, 6.45) is 0. The van der Waals surface area contributed by atoms with Gasteiger partial charge in [-0.2, -0.15) is 5.10 Å². The van der Waals surface area contributed by atoms with Crippen LogP contribution in [-0.4, -0.2) is 21.6 Å². The third-order valence-electron chi connectivity index (χ3n) is 4.49. The number of carbonyl (C=O) groups excluding carboxylic acids is 2. The molecule has 0 aliphatic heterocycles. The maximum absolute atomic E-state index is 13.2. The molecule has 3 rings (SSSR count). The summed E-state index contributed by atoms with van der Waals surface area (Å²) in [5.41, 5.74) is 0.422. The van der Waals surface area contributed by atoms with Crippen LogP contribution >= 0.6 is 0 Å². The average Bonchev–Trinajstić information content (AvgIpc) is 2.70. The first kappa shape index (κ1) is 20.9. The van der Waals surface area contributed by atoms with E-state index in [0.717, 1.165) is 4.68 Å². The number of hydrogen-bond donors (Lipinski definition) is 2. The second-order valence-electron chi connectivity index (χ2n) is 7.25. The molecule has 154 valence electrons. The average molecular weight is 408 g/mol. The fourth-order valence-corrected chi connectivity index (χ4v) is 2.81. The molecule has 30 heavy (non-hydrogen) atoms. The van der Waals surface area contributed by atoms with Gasteiger partial charge in [-0.3, -0.25) is 14.4 Å². The molecule has 2 amide bonds. The van der Waals surface area contributed by atoms with Crippen molar-refractivity contribution in [1.82, 2.24) is 9.78 Å². The minimum Gasteiger partial charge on any atom is -0.326 e. The molecule has 0 fully saturated rings. The highest BCUT2D eigenvalue weighted by molar-refractivity contribution is 5.96. The highest BCUT2D eigenvalue weighted by atomic mass is 19.1. The normalized spacial score (nSPS) is 11.1. The fourth-order valence-electron chi connectivity index (χ4n) is 2.81. The molecular formula is C22H21FN4O3. The van der Waals surface area contributed by atoms with E-state index in [9.17, 15) is 18.8 Å². The number of hydrogen-bond acceptors (Lipinski definition) is 4. The van der Waals surface area contributed by atoms with Crippen LogP contribution in [0.5, 0.6) is 0 Å². The number of anilines is 2. The summed E-state index contributed by atoms with van der Waals surface area (Å²) in [7, 11) is 0. The van der Waals surface area contributed by atoms with Gasteiger partial charge < -0.3 is 10.6 Å². The van der Waals surface area contributed by atoms with Crippen LogP contribution in [-0.2, 0) is 15.1 Å². The predicted molar refractivity (Wildman–Crippen MR) is 113 cm³/mol. The Labute approximate surface area is 172 Å². The van der Waals surface area contributed by atoms with Crippen LogP contribution in [0.4, 0.5) is 15.8 Å². The van der Waals surface area contributed by atoms with Crippen molar-refractivity contribution >= 4 is 23.2 Å². The van der Waals surface area contributed by atoms with Gasteiger partial charge in [-0.15, -0.1) is 0 Å². The van der Waals surface area contributed by atoms with E-state index in [1.165, 1.54) is 31.2 Å². The number of benzene rings is 2. The SMILES string of the molecule is CC(=O)Nc1ccc(NC(=O)C(C)(C)n2nc(-c3ccc(F)cc3)ccc2=O)cc1. The molecule has 1 heterocycles. The lowest BCUT2D eigenvalue weighted by Crippen LogP contribution is -2.47. The minimum atomic E-state index is -1.30. The molecule has 1 aromatic heterocycles. The topological polar surface area (TPSA) is 93.1 Å². The van der Waals surface area contributed by atoms with Crippen molar-refractivity contribution in [2.24, 2.45) is 0 Å². The number of aromatic nitrogens is 2. The molecule has 0 radical (unpaired) electrons. The van der Waals surface area contributed by atoms with Gasteiger partial charge in [-0.05, 0) is 68.4 Å². The molecule has 3 aromatic rings. The largest absolute Gasteiger partial charge is 0.326 e. The Balaban J connectivity index is 1.85. The van der Waals surface area contributed by atoms with Crippen molar-refractivity contribution < 1.29 is 14.0 Å². The number of nitrogens with zero attached hydrogens (tertiary/aromatic N) is 2. The molecular weight excluding hydrogens is 387 g/mol. The smallest absolute Gasteiger partial charge is 0.267 e. The highest BCUT2D eigenvalue weighted by Gasteiger charge is 2.32. The Bertz CT molecular complexity index is 1140. The van der Waals surface area contributed by atoms with Crippen LogP contribution in [0.1, 0.15) is 20.8 Å². The summed E-state index contributed by atoms with van der Waals surface area (Å²) in [6, 6.07) is 15.2. The molecule has 2 aromatic carbocycles. The molecule has 0 saturated carbocycles. The maximum atomic E-state index is 13.2. The van der Waals surface area contributed by atoms with Gasteiger partial charge in [0.2, 0.25) is 5.91 Å². The van der Waals surface area contributed by atoms with Crippen molar-refractivity contribution in [2.45, 2.75) is 26.3 Å². The summed E-state index contributed by atoms with van der Waals surface area (Å²) < 4.78 is 14.3. The van der Waals surface area contributed by atoms with Gasteiger partial charge in [0.25, 0.3) is 11.5 Å². The van der Waals surface area contributed by atoms with Crippen molar-refractivity contribution in [3.05, 3.63) is 76.8 Å². The summed E-state index contributed by atoms with van der Waals surface area (Å²) in [6.45, 7) is 4.57. The van der Waals surface area contributed by atoms with E-state index in [2.05, 4.69) is 15.7 Å². The van der Waals surface area contributed by atoms with Crippen LogP contribution in [0.15, 0.2) is 65.5 Å². The van der Waals surface area contributed by atoms with E-state index >= 15 is 0 Å². The number of amides is 2. The van der Waals surface area contributed by atoms with Crippen molar-refractivity contribution in [2.75, 3.05) is 10.6 Å². The zero-order valence-electron chi connectivity index (χ0n) is 16.8. The molecule has 0 unspecified atom stereocenters. The Hall–Kier alpha value is -3.81. The lowest BCUT2D eigenvalue weighted by molar-refractivity contribution is -0.123. The predicted octanol–water partition coefficient (Wildman–Crippen LogP) is 3.38. The van der Waals surface area contributed by atoms with E-state index in [-0.39, 0.29) is 11.7 Å². The van der Waals surface area contributed by atoms with Gasteiger partial charge in [-0.1, -0.05) is 0 Å². The van der Waals surface area contributed by atoms with Gasteiger partial charge >= 0.3 is 0 Å². The summed E-state index contributed by atoms with van der Waals surface area (Å²) >= 11 is 0. The second-order valence-corrected chi connectivity index (χ2v) is 7.25. The quantitative estimate of drug-likeness (QED) is 0.677. The molecule has 2 N–H and O–H groups in total. The molecule has 0 atom stereocenters. The standard InChI is InChI=1S/C22H21FN4O3/c1-14(28)24-17-8-10-18(11-9-17)25-21(30)22(2,3)27-20(29)13-12-19(26-27)15-4-6-16(23)7-5-15/h4-13H,1-3H3,(H,24,28)(H,25,30). The lowest BCUT2D eigenvalue weighted by Gasteiger charge is -2.25. The van der Waals surface area contributed by atoms with Crippen LogP contribution in [0, 0.1) is 5.82 Å². The van der Waals surface area contributed by atoms with Gasteiger partial charge in [0.15, 0.2) is 0 Å². The van der Waals surface area contributed by atoms with Crippen LogP contribution < -0.4 is 16.2 Å². The first-order valence-electron chi connectivity index (χ1n) is 9.23. The molecule has 0 saturated heterocycles. The van der Waals surface area contributed by atoms with E-state index in [0.29, 0.717) is 22.6 Å². The first-order chi connectivity index (χ1) is 14.2. The summed E-state index contributed by atoms with van der Waals surface area (Å²) in [4.78, 5) is 36.4. The highest BCUT2D eigenvalue weighted by Crippen LogP contribution is 2.21. The van der Waals surface area contributed by atoms with Gasteiger partial charge in [-0.25, -0.2) is 9.07 Å². The zero-order valence-corrected chi connectivity index (χ0v) is 16.8. The molecule has 0 bridgehead atoms. The third kappa shape index (κ3) is 4.60. The lowest BCUT2D eigenvalue weighted by atomic mass is 10.0. The zero-order chi connectivity index (χ0) is 21.9. The van der Waals surface area contributed by atoms with Gasteiger partial charge in [0, 0.05) is 29.9 Å². The van der Waals surface area contributed by atoms with E-state index < -0.39 is 17.0 Å². The molecule has 8 heteroatoms. The Kier molecular flexibility index (Phi) is 5.77. The van der Waals surface area contributed by atoms with Crippen molar-refractivity contribution in [1.29, 1.82) is 0 Å². The van der Waals surface area contributed by atoms with Gasteiger partial charge in [0.05, 0.1) is 5.69 Å². The van der Waals surface area contributed by atoms with E-state index in [4.69, 9.17) is 0 Å². The Morgan fingerprint density at radius 1 is 0.900 bits per heavy atom. The number of halogens is 1. The number of rotatable bonds is 5. The fraction of sp³-hybridized carbons (Fsp3) is 0.182. The van der Waals surface area contributed by atoms with Gasteiger partial charge in [0.1, 0.15) is 11.4 Å². The molecule has 0 spiro atoms. The Morgan fingerprint density at radius 3 is 2.03 bits per heavy atom. The van der Waals surface area contributed by atoms with Crippen LogP contribution in [0.25, 0.3) is 11.3 Å². The van der Waals surface area contributed by atoms with Crippen molar-refractivity contribution in [3.63, 3.8) is 0 Å². The van der Waals surface area contributed by atoms with E-state index in [1.54, 1.807) is 50.2 Å². The first-order valence-corrected chi connectivity index (χ1v) is 9.23. The Morgan fingerprint density at radius 2 is 1.47 bits per heavy atom. The third-order valence-corrected chi connectivity index (χ3v) is 4.49. The molecule has 7 nitrogen and oxygen atoms in total. The molecule has 0 aliphatic rings. The molecule has 0 aliphatic carbocycles. The van der Waals surface area contributed by atoms with E-state index in [1.807, 2.05) is 0 Å². The van der Waals surface area contributed by atoms with Crippen LogP contribution in [0.3, 0.4) is 0 Å². The van der Waals surface area contributed by atoms with Crippen LogP contribution in [0.2, 0.25) is 0 Å². The summed E-state index contributed by atoms with van der Waals surface area (Å²) in [5.74, 6) is -1.02. The minimum absolute atomic E-state index is 0.195. The summed E-state index contributed by atoms with van der Waals surface area (Å²) in [5, 5.41) is 9.72.